The molecule has 2 atom stereocenters. The van der Waals surface area contributed by atoms with E-state index < -0.39 is 0 Å². The summed E-state index contributed by atoms with van der Waals surface area (Å²) >= 11 is 5.23. The van der Waals surface area contributed by atoms with Crippen molar-refractivity contribution < 1.29 is 9.59 Å². The second-order valence-electron chi connectivity index (χ2n) is 8.60. The Kier molecular flexibility index (Phi) is 7.03. The van der Waals surface area contributed by atoms with Crippen molar-refractivity contribution in [1.29, 1.82) is 0 Å². The maximum absolute atomic E-state index is 13.1. The first-order valence-corrected chi connectivity index (χ1v) is 11.6. The number of thiocarbonyl (C=S) groups is 1. The summed E-state index contributed by atoms with van der Waals surface area (Å²) in [7, 11) is 0. The van der Waals surface area contributed by atoms with Crippen LogP contribution in [0.15, 0.2) is 42.6 Å². The van der Waals surface area contributed by atoms with Gasteiger partial charge in [-0.1, -0.05) is 30.3 Å². The molecule has 2 aliphatic rings. The van der Waals surface area contributed by atoms with Gasteiger partial charge in [-0.2, -0.15) is 0 Å². The fourth-order valence-corrected chi connectivity index (χ4v) is 4.74. The molecular formula is C25H29N5O2S. The molecule has 0 spiro atoms. The van der Waals surface area contributed by atoms with E-state index in [1.165, 1.54) is 5.56 Å². The second kappa shape index (κ2) is 10.1. The summed E-state index contributed by atoms with van der Waals surface area (Å²) in [5.41, 5.74) is 5.14. The Morgan fingerprint density at radius 1 is 1.27 bits per heavy atom. The number of nitrogens with one attached hydrogen (secondary N) is 3. The van der Waals surface area contributed by atoms with Crippen LogP contribution in [0.1, 0.15) is 41.3 Å². The van der Waals surface area contributed by atoms with Crippen molar-refractivity contribution in [1.82, 2.24) is 25.8 Å². The van der Waals surface area contributed by atoms with Crippen LogP contribution in [0, 0.1) is 6.92 Å². The number of hydrogen-bond acceptors (Lipinski definition) is 4. The van der Waals surface area contributed by atoms with Crippen LogP contribution < -0.4 is 16.0 Å². The number of amides is 2. The minimum Gasteiger partial charge on any atom is -0.360 e. The number of nitrogens with zero attached hydrogens (tertiary/aromatic N) is 2. The Bertz CT molecular complexity index is 1090. The molecule has 3 N–H and O–H groups in total. The van der Waals surface area contributed by atoms with Crippen LogP contribution in [0.2, 0.25) is 0 Å². The molecule has 172 valence electrons. The summed E-state index contributed by atoms with van der Waals surface area (Å²) in [5, 5.41) is 9.75. The lowest BCUT2D eigenvalue weighted by atomic mass is 9.94. The Morgan fingerprint density at radius 3 is 2.82 bits per heavy atom. The van der Waals surface area contributed by atoms with Crippen molar-refractivity contribution in [2.24, 2.45) is 0 Å². The smallest absolute Gasteiger partial charge is 0.245 e. The SMILES string of the molecule is Cc1ncc2c(c1CNC(=O)C=Cc1ccccc1)CCN(C(=O)[C@@H]1C[C@@H](C)NC(=S)N1)C2. The molecule has 4 rings (SSSR count). The number of fused-ring (bicyclic) bond motifs is 1. The second-order valence-corrected chi connectivity index (χ2v) is 9.01. The van der Waals surface area contributed by atoms with Crippen LogP contribution in [0.5, 0.6) is 0 Å². The molecule has 0 bridgehead atoms. The molecule has 1 saturated heterocycles. The van der Waals surface area contributed by atoms with Crippen molar-refractivity contribution in [2.45, 2.75) is 51.9 Å². The summed E-state index contributed by atoms with van der Waals surface area (Å²) in [5.74, 6) is -0.0802. The molecule has 7 nitrogen and oxygen atoms in total. The number of hydrogen-bond donors (Lipinski definition) is 3. The summed E-state index contributed by atoms with van der Waals surface area (Å²) < 4.78 is 0. The lowest BCUT2D eigenvalue weighted by Gasteiger charge is -2.36. The molecule has 0 unspecified atom stereocenters. The van der Waals surface area contributed by atoms with E-state index in [1.54, 1.807) is 12.2 Å². The first-order chi connectivity index (χ1) is 15.9. The van der Waals surface area contributed by atoms with Gasteiger partial charge in [-0.15, -0.1) is 0 Å². The summed E-state index contributed by atoms with van der Waals surface area (Å²) in [4.78, 5) is 31.9. The van der Waals surface area contributed by atoms with Gasteiger partial charge in [-0.05, 0) is 67.2 Å². The fraction of sp³-hybridized carbons (Fsp3) is 0.360. The normalized spacial score (nSPS) is 20.1. The average molecular weight is 464 g/mol. The van der Waals surface area contributed by atoms with Gasteiger partial charge in [0.15, 0.2) is 5.11 Å². The van der Waals surface area contributed by atoms with E-state index in [2.05, 4.69) is 20.9 Å². The van der Waals surface area contributed by atoms with Gasteiger partial charge in [0.1, 0.15) is 6.04 Å². The molecule has 0 saturated carbocycles. The quantitative estimate of drug-likeness (QED) is 0.466. The number of carbonyl (C=O) groups excluding carboxylic acids is 2. The Balaban J connectivity index is 1.41. The van der Waals surface area contributed by atoms with E-state index in [-0.39, 0.29) is 23.9 Å². The van der Waals surface area contributed by atoms with E-state index in [0.29, 0.717) is 31.2 Å². The highest BCUT2D eigenvalue weighted by Crippen LogP contribution is 2.25. The third-order valence-corrected chi connectivity index (χ3v) is 6.38. The van der Waals surface area contributed by atoms with Crippen molar-refractivity contribution in [2.75, 3.05) is 6.54 Å². The molecular weight excluding hydrogens is 434 g/mol. The number of pyridine rings is 1. The van der Waals surface area contributed by atoms with E-state index in [0.717, 1.165) is 28.8 Å². The van der Waals surface area contributed by atoms with Crippen LogP contribution in [0.3, 0.4) is 0 Å². The molecule has 1 aromatic carbocycles. The predicted molar refractivity (Wildman–Crippen MR) is 132 cm³/mol. The molecule has 1 fully saturated rings. The van der Waals surface area contributed by atoms with Crippen molar-refractivity contribution in [3.05, 3.63) is 70.6 Å². The predicted octanol–water partition coefficient (Wildman–Crippen LogP) is 2.23. The van der Waals surface area contributed by atoms with E-state index in [9.17, 15) is 9.59 Å². The molecule has 0 radical (unpaired) electrons. The monoisotopic (exact) mass is 463 g/mol. The number of aryl methyl sites for hydroxylation is 1. The zero-order chi connectivity index (χ0) is 23.4. The van der Waals surface area contributed by atoms with E-state index in [1.807, 2.05) is 55.3 Å². The number of carbonyl (C=O) groups is 2. The topological polar surface area (TPSA) is 86.4 Å². The molecule has 1 aromatic heterocycles. The molecule has 2 amide bonds. The van der Waals surface area contributed by atoms with Crippen LogP contribution in [0.25, 0.3) is 6.08 Å². The van der Waals surface area contributed by atoms with Crippen LogP contribution in [0.4, 0.5) is 0 Å². The first kappa shape index (κ1) is 22.9. The van der Waals surface area contributed by atoms with Gasteiger partial charge in [0.05, 0.1) is 0 Å². The maximum atomic E-state index is 13.1. The maximum Gasteiger partial charge on any atom is 0.245 e. The Morgan fingerprint density at radius 2 is 2.06 bits per heavy atom. The van der Waals surface area contributed by atoms with Crippen LogP contribution in [-0.4, -0.2) is 45.4 Å². The van der Waals surface area contributed by atoms with Gasteiger partial charge in [-0.3, -0.25) is 14.6 Å². The van der Waals surface area contributed by atoms with E-state index >= 15 is 0 Å². The van der Waals surface area contributed by atoms with Gasteiger partial charge in [0.25, 0.3) is 0 Å². The molecule has 0 aliphatic carbocycles. The van der Waals surface area contributed by atoms with Crippen molar-refractivity contribution in [3.63, 3.8) is 0 Å². The third-order valence-electron chi connectivity index (χ3n) is 6.14. The lowest BCUT2D eigenvalue weighted by Crippen LogP contribution is -2.59. The zero-order valence-electron chi connectivity index (χ0n) is 18.9. The van der Waals surface area contributed by atoms with Gasteiger partial charge < -0.3 is 20.9 Å². The van der Waals surface area contributed by atoms with Crippen LogP contribution >= 0.6 is 12.2 Å². The highest BCUT2D eigenvalue weighted by atomic mass is 32.1. The van der Waals surface area contributed by atoms with E-state index in [4.69, 9.17) is 12.2 Å². The Hall–Kier alpha value is -3.26. The summed E-state index contributed by atoms with van der Waals surface area (Å²) in [6.07, 6.45) is 6.63. The molecule has 8 heteroatoms. The van der Waals surface area contributed by atoms with Crippen molar-refractivity contribution in [3.8, 4) is 0 Å². The molecule has 2 aliphatic heterocycles. The standard InChI is InChI=1S/C25H29N5O2S/c1-16-12-22(29-25(33)28-16)24(32)30-11-10-20-19(15-30)13-26-17(2)21(20)14-27-23(31)9-8-18-6-4-3-5-7-18/h3-9,13,16,22H,10-12,14-15H2,1-2H3,(H,27,31)(H2,28,29,33)/t16-,22+/m1/s1. The third kappa shape index (κ3) is 5.57. The van der Waals surface area contributed by atoms with Gasteiger partial charge >= 0.3 is 0 Å². The summed E-state index contributed by atoms with van der Waals surface area (Å²) in [6, 6.07) is 9.58. The van der Waals surface area contributed by atoms with Gasteiger partial charge in [0.2, 0.25) is 11.8 Å². The number of rotatable bonds is 5. The van der Waals surface area contributed by atoms with Crippen molar-refractivity contribution >= 4 is 35.2 Å². The average Bonchev–Trinajstić information content (AvgIpc) is 2.81. The largest absolute Gasteiger partial charge is 0.360 e. The minimum absolute atomic E-state index is 0.0674. The lowest BCUT2D eigenvalue weighted by molar-refractivity contribution is -0.134. The zero-order valence-corrected chi connectivity index (χ0v) is 19.7. The molecule has 3 heterocycles. The fourth-order valence-electron chi connectivity index (χ4n) is 4.39. The summed E-state index contributed by atoms with van der Waals surface area (Å²) in [6.45, 7) is 5.55. The first-order valence-electron chi connectivity index (χ1n) is 11.2. The number of benzene rings is 1. The molecule has 33 heavy (non-hydrogen) atoms. The molecule has 2 aromatic rings. The minimum atomic E-state index is -0.302. The Labute approximate surface area is 199 Å². The highest BCUT2D eigenvalue weighted by Gasteiger charge is 2.32. The number of aromatic nitrogens is 1. The highest BCUT2D eigenvalue weighted by molar-refractivity contribution is 7.80. The van der Waals surface area contributed by atoms with Crippen LogP contribution in [-0.2, 0) is 29.1 Å². The van der Waals surface area contributed by atoms with Gasteiger partial charge in [-0.25, -0.2) is 0 Å². The van der Waals surface area contributed by atoms with Gasteiger partial charge in [0, 0.05) is 43.6 Å².